The second kappa shape index (κ2) is 9.05. The fourth-order valence-electron chi connectivity index (χ4n) is 3.68. The molecule has 0 aromatic heterocycles. The summed E-state index contributed by atoms with van der Waals surface area (Å²) in [6, 6.07) is 17.1. The number of benzene rings is 2. The van der Waals surface area contributed by atoms with E-state index < -0.39 is 0 Å². The molecule has 1 atom stereocenters. The molecule has 1 fully saturated rings. The number of rotatable bonds is 6. The van der Waals surface area contributed by atoms with Crippen molar-refractivity contribution in [3.8, 4) is 0 Å². The maximum Gasteiger partial charge on any atom is 0.234 e. The first-order valence-corrected chi connectivity index (χ1v) is 9.98. The molecule has 4 heteroatoms. The van der Waals surface area contributed by atoms with E-state index in [1.54, 1.807) is 0 Å². The van der Waals surface area contributed by atoms with Crippen molar-refractivity contribution in [1.82, 2.24) is 10.2 Å². The fourth-order valence-corrected chi connectivity index (χ4v) is 3.68. The van der Waals surface area contributed by atoms with Gasteiger partial charge in [0, 0.05) is 31.9 Å². The van der Waals surface area contributed by atoms with Crippen LogP contribution < -0.4 is 10.2 Å². The van der Waals surface area contributed by atoms with Gasteiger partial charge in [0.25, 0.3) is 0 Å². The van der Waals surface area contributed by atoms with E-state index in [0.29, 0.717) is 6.54 Å². The molecular formula is C23H31N3O. The van der Waals surface area contributed by atoms with Crippen LogP contribution in [0.4, 0.5) is 5.69 Å². The van der Waals surface area contributed by atoms with Crippen LogP contribution in [0.15, 0.2) is 48.5 Å². The highest BCUT2D eigenvalue weighted by atomic mass is 16.2. The van der Waals surface area contributed by atoms with E-state index in [9.17, 15) is 4.79 Å². The Bertz CT molecular complexity index is 748. The molecule has 27 heavy (non-hydrogen) atoms. The molecular weight excluding hydrogens is 334 g/mol. The molecule has 3 rings (SSSR count). The summed E-state index contributed by atoms with van der Waals surface area (Å²) in [6.07, 6.45) is 1.04. The SMILES string of the molecule is CCc1ccc([C@H](C)NC(=O)CN2CCN(c3ccccc3C)CC2)cc1. The van der Waals surface area contributed by atoms with Crippen molar-refractivity contribution in [3.63, 3.8) is 0 Å². The minimum Gasteiger partial charge on any atom is -0.369 e. The van der Waals surface area contributed by atoms with Gasteiger partial charge >= 0.3 is 0 Å². The minimum atomic E-state index is 0.0386. The minimum absolute atomic E-state index is 0.0386. The number of hydrogen-bond acceptors (Lipinski definition) is 3. The van der Waals surface area contributed by atoms with E-state index in [0.717, 1.165) is 38.2 Å². The third-order valence-corrected chi connectivity index (χ3v) is 5.46. The van der Waals surface area contributed by atoms with E-state index in [1.807, 2.05) is 0 Å². The molecule has 0 bridgehead atoms. The van der Waals surface area contributed by atoms with Gasteiger partial charge < -0.3 is 10.2 Å². The Balaban J connectivity index is 1.47. The maximum atomic E-state index is 12.5. The monoisotopic (exact) mass is 365 g/mol. The number of carbonyl (C=O) groups excluding carboxylic acids is 1. The lowest BCUT2D eigenvalue weighted by Gasteiger charge is -2.36. The number of carbonyl (C=O) groups is 1. The molecule has 1 N–H and O–H groups in total. The number of hydrogen-bond donors (Lipinski definition) is 1. The predicted molar refractivity (Wildman–Crippen MR) is 112 cm³/mol. The summed E-state index contributed by atoms with van der Waals surface area (Å²) in [5.74, 6) is 0.103. The first-order valence-electron chi connectivity index (χ1n) is 9.98. The molecule has 144 valence electrons. The Hall–Kier alpha value is -2.33. The first-order chi connectivity index (χ1) is 13.1. The molecule has 2 aromatic carbocycles. The number of amides is 1. The molecule has 0 unspecified atom stereocenters. The lowest BCUT2D eigenvalue weighted by Crippen LogP contribution is -2.49. The number of aryl methyl sites for hydroxylation is 2. The van der Waals surface area contributed by atoms with Crippen LogP contribution in [0.25, 0.3) is 0 Å². The molecule has 1 saturated heterocycles. The van der Waals surface area contributed by atoms with Gasteiger partial charge in [-0.2, -0.15) is 0 Å². The Kier molecular flexibility index (Phi) is 6.51. The van der Waals surface area contributed by atoms with Crippen LogP contribution >= 0.6 is 0 Å². The standard InChI is InChI=1S/C23H31N3O/c1-4-20-9-11-21(12-10-20)19(3)24-23(27)17-25-13-15-26(16-14-25)22-8-6-5-7-18(22)2/h5-12,19H,4,13-17H2,1-3H3,(H,24,27)/t19-/m0/s1. The zero-order valence-corrected chi connectivity index (χ0v) is 16.7. The zero-order valence-electron chi connectivity index (χ0n) is 16.7. The highest BCUT2D eigenvalue weighted by molar-refractivity contribution is 5.78. The smallest absolute Gasteiger partial charge is 0.234 e. The lowest BCUT2D eigenvalue weighted by molar-refractivity contribution is -0.123. The molecule has 0 spiro atoms. The summed E-state index contributed by atoms with van der Waals surface area (Å²) in [5.41, 5.74) is 5.10. The average molecular weight is 366 g/mol. The second-order valence-corrected chi connectivity index (χ2v) is 7.43. The summed E-state index contributed by atoms with van der Waals surface area (Å²) in [7, 11) is 0. The normalized spacial score (nSPS) is 16.2. The third kappa shape index (κ3) is 5.10. The Morgan fingerprint density at radius 1 is 1.04 bits per heavy atom. The van der Waals surface area contributed by atoms with Gasteiger partial charge in [-0.25, -0.2) is 0 Å². The van der Waals surface area contributed by atoms with Gasteiger partial charge in [-0.15, -0.1) is 0 Å². The lowest BCUT2D eigenvalue weighted by atomic mass is 10.0. The van der Waals surface area contributed by atoms with Crippen LogP contribution in [-0.4, -0.2) is 43.5 Å². The average Bonchev–Trinajstić information content (AvgIpc) is 2.69. The number of nitrogens with one attached hydrogen (secondary N) is 1. The first kappa shape index (κ1) is 19.4. The van der Waals surface area contributed by atoms with E-state index >= 15 is 0 Å². The van der Waals surface area contributed by atoms with Crippen LogP contribution in [0.2, 0.25) is 0 Å². The second-order valence-electron chi connectivity index (χ2n) is 7.43. The molecule has 4 nitrogen and oxygen atoms in total. The number of para-hydroxylation sites is 1. The zero-order chi connectivity index (χ0) is 19.2. The highest BCUT2D eigenvalue weighted by Crippen LogP contribution is 2.20. The molecule has 0 aliphatic carbocycles. The highest BCUT2D eigenvalue weighted by Gasteiger charge is 2.20. The molecule has 1 aliphatic rings. The number of nitrogens with zero attached hydrogens (tertiary/aromatic N) is 2. The van der Waals surface area contributed by atoms with E-state index in [4.69, 9.17) is 0 Å². The van der Waals surface area contributed by atoms with Crippen molar-refractivity contribution in [2.45, 2.75) is 33.2 Å². The largest absolute Gasteiger partial charge is 0.369 e. The summed E-state index contributed by atoms with van der Waals surface area (Å²) in [5, 5.41) is 3.14. The van der Waals surface area contributed by atoms with E-state index in [-0.39, 0.29) is 11.9 Å². The number of piperazine rings is 1. The molecule has 0 saturated carbocycles. The van der Waals surface area contributed by atoms with Gasteiger partial charge in [-0.1, -0.05) is 49.4 Å². The van der Waals surface area contributed by atoms with Gasteiger partial charge in [-0.05, 0) is 43.0 Å². The van der Waals surface area contributed by atoms with Crippen molar-refractivity contribution in [2.75, 3.05) is 37.6 Å². The van der Waals surface area contributed by atoms with Crippen LogP contribution in [0, 0.1) is 6.92 Å². The van der Waals surface area contributed by atoms with Crippen LogP contribution in [0.5, 0.6) is 0 Å². The van der Waals surface area contributed by atoms with Gasteiger partial charge in [0.1, 0.15) is 0 Å². The van der Waals surface area contributed by atoms with Crippen LogP contribution in [-0.2, 0) is 11.2 Å². The van der Waals surface area contributed by atoms with Crippen molar-refractivity contribution in [2.24, 2.45) is 0 Å². The van der Waals surface area contributed by atoms with E-state index in [1.165, 1.54) is 16.8 Å². The Labute approximate surface area is 163 Å². The predicted octanol–water partition coefficient (Wildman–Crippen LogP) is 3.56. The third-order valence-electron chi connectivity index (χ3n) is 5.46. The summed E-state index contributed by atoms with van der Waals surface area (Å²) in [4.78, 5) is 17.1. The summed E-state index contributed by atoms with van der Waals surface area (Å²) < 4.78 is 0. The molecule has 1 amide bonds. The number of anilines is 1. The maximum absolute atomic E-state index is 12.5. The van der Waals surface area contributed by atoms with Crippen molar-refractivity contribution < 1.29 is 4.79 Å². The van der Waals surface area contributed by atoms with Crippen molar-refractivity contribution in [3.05, 3.63) is 65.2 Å². The molecule has 0 radical (unpaired) electrons. The van der Waals surface area contributed by atoms with Gasteiger partial charge in [-0.3, -0.25) is 9.69 Å². The van der Waals surface area contributed by atoms with Gasteiger partial charge in [0.15, 0.2) is 0 Å². The van der Waals surface area contributed by atoms with Crippen LogP contribution in [0.1, 0.15) is 36.6 Å². The summed E-state index contributed by atoms with van der Waals surface area (Å²) >= 11 is 0. The van der Waals surface area contributed by atoms with Crippen molar-refractivity contribution >= 4 is 11.6 Å². The molecule has 1 heterocycles. The van der Waals surface area contributed by atoms with E-state index in [2.05, 4.69) is 84.4 Å². The van der Waals surface area contributed by atoms with Crippen LogP contribution in [0.3, 0.4) is 0 Å². The summed E-state index contributed by atoms with van der Waals surface area (Å²) in [6.45, 7) is 10.6. The van der Waals surface area contributed by atoms with Gasteiger partial charge in [0.05, 0.1) is 12.6 Å². The molecule has 2 aromatic rings. The molecule has 1 aliphatic heterocycles. The fraction of sp³-hybridized carbons (Fsp3) is 0.435. The Morgan fingerprint density at radius 3 is 2.33 bits per heavy atom. The topological polar surface area (TPSA) is 35.6 Å². The quantitative estimate of drug-likeness (QED) is 0.850. The van der Waals surface area contributed by atoms with Crippen molar-refractivity contribution in [1.29, 1.82) is 0 Å². The Morgan fingerprint density at radius 2 is 1.70 bits per heavy atom. The van der Waals surface area contributed by atoms with Gasteiger partial charge in [0.2, 0.25) is 5.91 Å².